The summed E-state index contributed by atoms with van der Waals surface area (Å²) < 4.78 is 1.66. The number of nitrogens with zero attached hydrogens (tertiary/aromatic N) is 5. The van der Waals surface area contributed by atoms with Gasteiger partial charge >= 0.3 is 0 Å². The summed E-state index contributed by atoms with van der Waals surface area (Å²) in [4.78, 5) is 8.42. The van der Waals surface area contributed by atoms with E-state index in [1.54, 1.807) is 29.2 Å². The molecule has 0 aliphatic rings. The molecule has 3 rings (SSSR count). The van der Waals surface area contributed by atoms with Crippen molar-refractivity contribution in [2.75, 3.05) is 0 Å². The Bertz CT molecular complexity index is 898. The molecule has 0 aliphatic heterocycles. The van der Waals surface area contributed by atoms with Crippen LogP contribution in [0.3, 0.4) is 0 Å². The molecule has 0 saturated heterocycles. The fourth-order valence-corrected chi connectivity index (χ4v) is 2.85. The molecule has 0 radical (unpaired) electrons. The van der Waals surface area contributed by atoms with E-state index in [2.05, 4.69) is 21.1 Å². The molecule has 0 saturated carbocycles. The Hall–Kier alpha value is -2.42. The standard InChI is InChI=1S/C16H11Cl2N5/c1-10-4-11(7-23-9-20-8-21-23)14(6-19)16(22-10)13-3-2-12(17)5-15(13)18/h2-5,8-9H,7H2,1H3. The van der Waals surface area contributed by atoms with Crippen LogP contribution in [0.5, 0.6) is 0 Å². The molecule has 0 amide bonds. The molecule has 5 nitrogen and oxygen atoms in total. The minimum atomic E-state index is 0.435. The fraction of sp³-hybridized carbons (Fsp3) is 0.125. The summed E-state index contributed by atoms with van der Waals surface area (Å²) in [5.74, 6) is 0. The quantitative estimate of drug-likeness (QED) is 0.723. The van der Waals surface area contributed by atoms with Crippen LogP contribution in [0.15, 0.2) is 36.9 Å². The molecule has 114 valence electrons. The summed E-state index contributed by atoms with van der Waals surface area (Å²) in [5, 5.41) is 14.7. The zero-order valence-corrected chi connectivity index (χ0v) is 13.7. The summed E-state index contributed by atoms with van der Waals surface area (Å²) in [6.45, 7) is 2.31. The molecule has 2 aromatic heterocycles. The number of pyridine rings is 1. The first-order valence-corrected chi connectivity index (χ1v) is 7.52. The van der Waals surface area contributed by atoms with Crippen LogP contribution in [-0.4, -0.2) is 19.7 Å². The third-order valence-corrected chi connectivity index (χ3v) is 3.87. The van der Waals surface area contributed by atoms with Crippen molar-refractivity contribution in [3.05, 3.63) is 63.8 Å². The normalized spacial score (nSPS) is 10.5. The number of aryl methyl sites for hydroxylation is 1. The lowest BCUT2D eigenvalue weighted by molar-refractivity contribution is 0.682. The summed E-state index contributed by atoms with van der Waals surface area (Å²) in [7, 11) is 0. The molecule has 0 fully saturated rings. The lowest BCUT2D eigenvalue weighted by Gasteiger charge is -2.12. The van der Waals surface area contributed by atoms with Gasteiger partial charge in [0.2, 0.25) is 0 Å². The van der Waals surface area contributed by atoms with Gasteiger partial charge in [-0.1, -0.05) is 23.2 Å². The third-order valence-electron chi connectivity index (χ3n) is 3.33. The van der Waals surface area contributed by atoms with Gasteiger partial charge < -0.3 is 0 Å². The smallest absolute Gasteiger partial charge is 0.137 e. The average molecular weight is 344 g/mol. The van der Waals surface area contributed by atoms with Gasteiger partial charge in [0.1, 0.15) is 18.7 Å². The van der Waals surface area contributed by atoms with Crippen LogP contribution in [-0.2, 0) is 6.54 Å². The Morgan fingerprint density at radius 2 is 2.09 bits per heavy atom. The van der Waals surface area contributed by atoms with Crippen LogP contribution in [0.4, 0.5) is 0 Å². The summed E-state index contributed by atoms with van der Waals surface area (Å²) >= 11 is 12.2. The highest BCUT2D eigenvalue weighted by molar-refractivity contribution is 6.36. The molecule has 0 spiro atoms. The Morgan fingerprint density at radius 3 is 2.74 bits per heavy atom. The average Bonchev–Trinajstić information content (AvgIpc) is 3.00. The number of hydrogen-bond donors (Lipinski definition) is 0. The van der Waals surface area contributed by atoms with Crippen LogP contribution in [0.2, 0.25) is 10.0 Å². The largest absolute Gasteiger partial charge is 0.252 e. The van der Waals surface area contributed by atoms with Crippen molar-refractivity contribution in [2.45, 2.75) is 13.5 Å². The van der Waals surface area contributed by atoms with E-state index in [9.17, 15) is 5.26 Å². The fourth-order valence-electron chi connectivity index (χ4n) is 2.36. The van der Waals surface area contributed by atoms with Gasteiger partial charge in [0.25, 0.3) is 0 Å². The molecular weight excluding hydrogens is 333 g/mol. The van der Waals surface area contributed by atoms with Crippen LogP contribution < -0.4 is 0 Å². The van der Waals surface area contributed by atoms with E-state index in [0.29, 0.717) is 33.4 Å². The second-order valence-electron chi connectivity index (χ2n) is 4.98. The zero-order chi connectivity index (χ0) is 16.4. The predicted octanol–water partition coefficient (Wildman–Crippen LogP) is 3.88. The van der Waals surface area contributed by atoms with E-state index in [1.807, 2.05) is 13.0 Å². The maximum atomic E-state index is 9.62. The van der Waals surface area contributed by atoms with Gasteiger partial charge in [-0.25, -0.2) is 9.67 Å². The Morgan fingerprint density at radius 1 is 1.26 bits per heavy atom. The van der Waals surface area contributed by atoms with E-state index in [1.165, 1.54) is 6.33 Å². The lowest BCUT2D eigenvalue weighted by Crippen LogP contribution is -2.06. The first-order chi connectivity index (χ1) is 11.1. The molecular formula is C16H11Cl2N5. The van der Waals surface area contributed by atoms with Crippen LogP contribution >= 0.6 is 23.2 Å². The lowest BCUT2D eigenvalue weighted by atomic mass is 10.0. The number of halogens is 2. The van der Waals surface area contributed by atoms with Crippen LogP contribution in [0.1, 0.15) is 16.8 Å². The van der Waals surface area contributed by atoms with E-state index in [-0.39, 0.29) is 0 Å². The maximum Gasteiger partial charge on any atom is 0.137 e. The molecule has 7 heteroatoms. The van der Waals surface area contributed by atoms with Crippen molar-refractivity contribution in [2.24, 2.45) is 0 Å². The van der Waals surface area contributed by atoms with Crippen molar-refractivity contribution in [1.82, 2.24) is 19.7 Å². The van der Waals surface area contributed by atoms with Crippen molar-refractivity contribution in [3.8, 4) is 17.3 Å². The van der Waals surface area contributed by atoms with E-state index >= 15 is 0 Å². The minimum absolute atomic E-state index is 0.435. The van der Waals surface area contributed by atoms with E-state index in [0.717, 1.165) is 11.3 Å². The van der Waals surface area contributed by atoms with Crippen molar-refractivity contribution in [1.29, 1.82) is 5.26 Å². The SMILES string of the molecule is Cc1cc(Cn2cncn2)c(C#N)c(-c2ccc(Cl)cc2Cl)n1. The third kappa shape index (κ3) is 3.19. The van der Waals surface area contributed by atoms with Gasteiger partial charge in [0.15, 0.2) is 0 Å². The molecule has 2 heterocycles. The second kappa shape index (κ2) is 6.37. The maximum absolute atomic E-state index is 9.62. The number of benzene rings is 1. The highest BCUT2D eigenvalue weighted by Gasteiger charge is 2.16. The van der Waals surface area contributed by atoms with Crippen LogP contribution in [0.25, 0.3) is 11.3 Å². The van der Waals surface area contributed by atoms with E-state index < -0.39 is 0 Å². The van der Waals surface area contributed by atoms with Crippen molar-refractivity contribution < 1.29 is 0 Å². The molecule has 0 unspecified atom stereocenters. The summed E-state index contributed by atoms with van der Waals surface area (Å²) in [5.41, 5.74) is 3.29. The molecule has 0 bridgehead atoms. The number of aromatic nitrogens is 4. The predicted molar refractivity (Wildman–Crippen MR) is 88.3 cm³/mol. The number of hydrogen-bond acceptors (Lipinski definition) is 4. The first-order valence-electron chi connectivity index (χ1n) is 6.77. The van der Waals surface area contributed by atoms with Gasteiger partial charge in [-0.2, -0.15) is 10.4 Å². The second-order valence-corrected chi connectivity index (χ2v) is 5.82. The van der Waals surface area contributed by atoms with Crippen molar-refractivity contribution in [3.63, 3.8) is 0 Å². The van der Waals surface area contributed by atoms with Gasteiger partial charge in [0, 0.05) is 16.3 Å². The van der Waals surface area contributed by atoms with E-state index in [4.69, 9.17) is 23.2 Å². The van der Waals surface area contributed by atoms with Crippen LogP contribution in [0, 0.1) is 18.3 Å². The topological polar surface area (TPSA) is 67.4 Å². The Labute approximate surface area is 143 Å². The number of nitriles is 1. The zero-order valence-electron chi connectivity index (χ0n) is 12.2. The summed E-state index contributed by atoms with van der Waals surface area (Å²) in [6, 6.07) is 9.23. The highest BCUT2D eigenvalue weighted by Crippen LogP contribution is 2.32. The molecule has 3 aromatic rings. The molecule has 0 aliphatic carbocycles. The monoisotopic (exact) mass is 343 g/mol. The number of rotatable bonds is 3. The molecule has 1 aromatic carbocycles. The molecule has 0 atom stereocenters. The molecule has 0 N–H and O–H groups in total. The Kier molecular flexibility index (Phi) is 4.28. The summed E-state index contributed by atoms with van der Waals surface area (Å²) in [6.07, 6.45) is 3.06. The minimum Gasteiger partial charge on any atom is -0.252 e. The highest BCUT2D eigenvalue weighted by atomic mass is 35.5. The van der Waals surface area contributed by atoms with Gasteiger partial charge in [0.05, 0.1) is 22.8 Å². The van der Waals surface area contributed by atoms with Gasteiger partial charge in [-0.15, -0.1) is 0 Å². The van der Waals surface area contributed by atoms with Gasteiger partial charge in [-0.05, 0) is 36.8 Å². The molecule has 23 heavy (non-hydrogen) atoms. The van der Waals surface area contributed by atoms with Gasteiger partial charge in [-0.3, -0.25) is 4.98 Å². The first kappa shape index (κ1) is 15.5. The van der Waals surface area contributed by atoms with Crippen molar-refractivity contribution >= 4 is 23.2 Å². The Balaban J connectivity index is 2.17.